The zero-order valence-electron chi connectivity index (χ0n) is 15.6. The van der Waals surface area contributed by atoms with Crippen LogP contribution in [-0.2, 0) is 20.7 Å². The van der Waals surface area contributed by atoms with Gasteiger partial charge in [0.1, 0.15) is 5.76 Å². The summed E-state index contributed by atoms with van der Waals surface area (Å²) < 4.78 is 10.1. The summed E-state index contributed by atoms with van der Waals surface area (Å²) in [5, 5.41) is 6.60. The number of ether oxygens (including phenoxy) is 1. The molecule has 0 spiro atoms. The molecule has 1 N–H and O–H groups in total. The van der Waals surface area contributed by atoms with Gasteiger partial charge in [-0.3, -0.25) is 9.59 Å². The van der Waals surface area contributed by atoms with Gasteiger partial charge in [0.15, 0.2) is 6.61 Å². The summed E-state index contributed by atoms with van der Waals surface area (Å²) in [6, 6.07) is 17.4. The zero-order valence-corrected chi connectivity index (χ0v) is 16.4. The molecule has 0 saturated heterocycles. The monoisotopic (exact) mass is 396 g/mol. The highest BCUT2D eigenvalue weighted by Crippen LogP contribution is 2.33. The Bertz CT molecular complexity index is 950. The molecule has 144 valence electrons. The maximum Gasteiger partial charge on any atom is 0.310 e. The van der Waals surface area contributed by atoms with Crippen LogP contribution in [0.2, 0.25) is 0 Å². The lowest BCUT2D eigenvalue weighted by atomic mass is 10.1. The summed E-state index contributed by atoms with van der Waals surface area (Å²) in [5.41, 5.74) is 2.00. The second-order valence-corrected chi connectivity index (χ2v) is 7.21. The minimum Gasteiger partial charge on any atom is -0.455 e. The first kappa shape index (κ1) is 19.7. The molecule has 0 aliphatic heterocycles. The molecule has 1 amide bonds. The zero-order chi connectivity index (χ0) is 19.9. The van der Waals surface area contributed by atoms with Crippen molar-refractivity contribution in [1.29, 1.82) is 0 Å². The van der Waals surface area contributed by atoms with Crippen molar-refractivity contribution in [1.82, 2.24) is 5.16 Å². The molecule has 28 heavy (non-hydrogen) atoms. The Kier molecular flexibility index (Phi) is 6.49. The van der Waals surface area contributed by atoms with Gasteiger partial charge in [-0.05, 0) is 38.1 Å². The van der Waals surface area contributed by atoms with Crippen LogP contribution in [0.5, 0.6) is 0 Å². The SMILES string of the molecule is Cc1noc(C)c1CC(=O)OCC(=O)Nc1ccccc1Sc1ccccc1. The lowest BCUT2D eigenvalue weighted by molar-refractivity contribution is -0.146. The van der Waals surface area contributed by atoms with E-state index in [0.29, 0.717) is 22.7 Å². The number of amides is 1. The van der Waals surface area contributed by atoms with Gasteiger partial charge in [0.05, 0.1) is 17.8 Å². The minimum absolute atomic E-state index is 0.0227. The average molecular weight is 396 g/mol. The molecule has 0 bridgehead atoms. The van der Waals surface area contributed by atoms with Crippen LogP contribution in [0.4, 0.5) is 5.69 Å². The number of esters is 1. The van der Waals surface area contributed by atoms with Crippen LogP contribution in [0.25, 0.3) is 0 Å². The number of para-hydroxylation sites is 1. The Morgan fingerprint density at radius 1 is 1.07 bits per heavy atom. The fraction of sp³-hybridized carbons (Fsp3) is 0.190. The van der Waals surface area contributed by atoms with E-state index in [-0.39, 0.29) is 13.0 Å². The van der Waals surface area contributed by atoms with Crippen LogP contribution in [0, 0.1) is 13.8 Å². The normalized spacial score (nSPS) is 10.5. The molecule has 0 saturated carbocycles. The number of carbonyl (C=O) groups excluding carboxylic acids is 2. The molecular formula is C21H20N2O4S. The molecule has 0 atom stereocenters. The number of carbonyl (C=O) groups is 2. The fourth-order valence-electron chi connectivity index (χ4n) is 2.56. The van der Waals surface area contributed by atoms with Gasteiger partial charge in [-0.15, -0.1) is 0 Å². The van der Waals surface area contributed by atoms with Gasteiger partial charge >= 0.3 is 5.97 Å². The van der Waals surface area contributed by atoms with E-state index in [1.54, 1.807) is 25.6 Å². The maximum atomic E-state index is 12.2. The van der Waals surface area contributed by atoms with Gasteiger partial charge in [0.2, 0.25) is 0 Å². The van der Waals surface area contributed by atoms with E-state index in [4.69, 9.17) is 9.26 Å². The minimum atomic E-state index is -0.503. The Morgan fingerprint density at radius 3 is 2.50 bits per heavy atom. The topological polar surface area (TPSA) is 81.4 Å². The highest BCUT2D eigenvalue weighted by Gasteiger charge is 2.16. The van der Waals surface area contributed by atoms with Crippen molar-refractivity contribution >= 4 is 29.3 Å². The lowest BCUT2D eigenvalue weighted by Gasteiger charge is -2.11. The molecule has 0 aliphatic rings. The summed E-state index contributed by atoms with van der Waals surface area (Å²) in [5.74, 6) is -0.324. The van der Waals surface area contributed by atoms with E-state index in [1.807, 2.05) is 54.6 Å². The van der Waals surface area contributed by atoms with E-state index in [9.17, 15) is 9.59 Å². The first-order chi connectivity index (χ1) is 13.5. The van der Waals surface area contributed by atoms with Crippen molar-refractivity contribution in [2.75, 3.05) is 11.9 Å². The van der Waals surface area contributed by atoms with Crippen molar-refractivity contribution < 1.29 is 18.8 Å². The summed E-state index contributed by atoms with van der Waals surface area (Å²) in [4.78, 5) is 26.2. The smallest absolute Gasteiger partial charge is 0.310 e. The molecule has 2 aromatic carbocycles. The van der Waals surface area contributed by atoms with E-state index in [1.165, 1.54) is 0 Å². The quantitative estimate of drug-likeness (QED) is 0.604. The van der Waals surface area contributed by atoms with E-state index in [2.05, 4.69) is 10.5 Å². The third kappa shape index (κ3) is 5.23. The summed E-state index contributed by atoms with van der Waals surface area (Å²) >= 11 is 1.55. The van der Waals surface area contributed by atoms with Crippen molar-refractivity contribution in [3.63, 3.8) is 0 Å². The molecular weight excluding hydrogens is 376 g/mol. The van der Waals surface area contributed by atoms with Gasteiger partial charge < -0.3 is 14.6 Å². The number of nitrogens with one attached hydrogen (secondary N) is 1. The molecule has 0 radical (unpaired) electrons. The molecule has 3 rings (SSSR count). The number of hydrogen-bond acceptors (Lipinski definition) is 6. The number of aromatic nitrogens is 1. The van der Waals surface area contributed by atoms with Crippen LogP contribution in [0.15, 0.2) is 68.9 Å². The molecule has 1 heterocycles. The van der Waals surface area contributed by atoms with E-state index >= 15 is 0 Å². The number of nitrogens with zero attached hydrogens (tertiary/aromatic N) is 1. The number of rotatable bonds is 7. The number of aryl methyl sites for hydroxylation is 2. The standard InChI is InChI=1S/C21H20N2O4S/c1-14-17(15(2)27-23-14)12-21(25)26-13-20(24)22-18-10-6-7-11-19(18)28-16-8-4-3-5-9-16/h3-11H,12-13H2,1-2H3,(H,22,24). The Balaban J connectivity index is 1.56. The van der Waals surface area contributed by atoms with Gasteiger partial charge in [-0.1, -0.05) is 47.3 Å². The summed E-state index contributed by atoms with van der Waals surface area (Å²) in [6.07, 6.45) is 0.0227. The highest BCUT2D eigenvalue weighted by atomic mass is 32.2. The Morgan fingerprint density at radius 2 is 1.79 bits per heavy atom. The fourth-order valence-corrected chi connectivity index (χ4v) is 3.48. The number of anilines is 1. The van der Waals surface area contributed by atoms with Crippen LogP contribution >= 0.6 is 11.8 Å². The maximum absolute atomic E-state index is 12.2. The lowest BCUT2D eigenvalue weighted by Crippen LogP contribution is -2.22. The van der Waals surface area contributed by atoms with Crippen LogP contribution in [0.1, 0.15) is 17.0 Å². The summed E-state index contributed by atoms with van der Waals surface area (Å²) in [7, 11) is 0. The first-order valence-corrected chi connectivity index (χ1v) is 9.53. The molecule has 0 fully saturated rings. The second-order valence-electron chi connectivity index (χ2n) is 6.10. The van der Waals surface area contributed by atoms with Gasteiger partial charge in [-0.25, -0.2) is 0 Å². The Hall–Kier alpha value is -3.06. The van der Waals surface area contributed by atoms with Crippen molar-refractivity contribution in [2.24, 2.45) is 0 Å². The molecule has 0 aliphatic carbocycles. The Labute approximate surface area is 167 Å². The van der Waals surface area contributed by atoms with Gasteiger partial charge in [0, 0.05) is 15.4 Å². The van der Waals surface area contributed by atoms with Crippen LogP contribution < -0.4 is 5.32 Å². The molecule has 7 heteroatoms. The van der Waals surface area contributed by atoms with E-state index in [0.717, 1.165) is 9.79 Å². The largest absolute Gasteiger partial charge is 0.455 e. The second kappa shape index (κ2) is 9.23. The highest BCUT2D eigenvalue weighted by molar-refractivity contribution is 7.99. The third-order valence-electron chi connectivity index (χ3n) is 4.00. The number of hydrogen-bond donors (Lipinski definition) is 1. The molecule has 3 aromatic rings. The van der Waals surface area contributed by atoms with Crippen molar-refractivity contribution in [3.8, 4) is 0 Å². The number of benzene rings is 2. The third-order valence-corrected chi connectivity index (χ3v) is 5.08. The molecule has 6 nitrogen and oxygen atoms in total. The predicted octanol–water partition coefficient (Wildman–Crippen LogP) is 4.17. The first-order valence-electron chi connectivity index (χ1n) is 8.72. The van der Waals surface area contributed by atoms with Crippen LogP contribution in [0.3, 0.4) is 0 Å². The molecule has 1 aromatic heterocycles. The van der Waals surface area contributed by atoms with Gasteiger partial charge in [-0.2, -0.15) is 0 Å². The predicted molar refractivity (Wildman–Crippen MR) is 106 cm³/mol. The van der Waals surface area contributed by atoms with Crippen LogP contribution in [-0.4, -0.2) is 23.6 Å². The van der Waals surface area contributed by atoms with Crippen molar-refractivity contribution in [3.05, 3.63) is 71.6 Å². The van der Waals surface area contributed by atoms with Gasteiger partial charge in [0.25, 0.3) is 5.91 Å². The summed E-state index contributed by atoms with van der Waals surface area (Å²) in [6.45, 7) is 3.14. The molecule has 0 unspecified atom stereocenters. The average Bonchev–Trinajstić information content (AvgIpc) is 3.01. The van der Waals surface area contributed by atoms with E-state index < -0.39 is 11.9 Å². The van der Waals surface area contributed by atoms with Crippen molar-refractivity contribution in [2.45, 2.75) is 30.1 Å².